The zero-order valence-corrected chi connectivity index (χ0v) is 15.0. The van der Waals surface area contributed by atoms with Gasteiger partial charge in [0, 0.05) is 18.0 Å². The average molecular weight is 387 g/mol. The molecule has 1 heterocycles. The van der Waals surface area contributed by atoms with Gasteiger partial charge in [0.25, 0.3) is 5.91 Å². The molecule has 0 fully saturated rings. The lowest BCUT2D eigenvalue weighted by atomic mass is 10.1. The van der Waals surface area contributed by atoms with E-state index in [0.717, 1.165) is 18.2 Å². The van der Waals surface area contributed by atoms with E-state index >= 15 is 0 Å². The van der Waals surface area contributed by atoms with Crippen LogP contribution in [0.3, 0.4) is 0 Å². The maximum absolute atomic E-state index is 13.1. The molecule has 5 nitrogen and oxygen atoms in total. The molecule has 1 aromatic heterocycles. The summed E-state index contributed by atoms with van der Waals surface area (Å²) in [5.74, 6) is -1.08. The highest BCUT2D eigenvalue weighted by Crippen LogP contribution is 2.34. The number of para-hydroxylation sites is 1. The predicted molar refractivity (Wildman–Crippen MR) is 100 cm³/mol. The summed E-state index contributed by atoms with van der Waals surface area (Å²) in [6.45, 7) is 2.94. The summed E-state index contributed by atoms with van der Waals surface area (Å²) in [6.07, 6.45) is -4.59. The molecule has 2 N–H and O–H groups in total. The summed E-state index contributed by atoms with van der Waals surface area (Å²) in [5, 5.41) is 5.47. The van der Waals surface area contributed by atoms with Crippen LogP contribution in [0.1, 0.15) is 28.5 Å². The second-order valence-electron chi connectivity index (χ2n) is 6.22. The number of carbonyl (C=O) groups is 2. The summed E-state index contributed by atoms with van der Waals surface area (Å²) in [5.41, 5.74) is 0.452. The maximum atomic E-state index is 13.1. The van der Waals surface area contributed by atoms with E-state index in [0.29, 0.717) is 16.6 Å². The first-order chi connectivity index (χ1) is 13.1. The zero-order chi connectivity index (χ0) is 20.5. The lowest BCUT2D eigenvalue weighted by Crippen LogP contribution is -2.17. The van der Waals surface area contributed by atoms with Gasteiger partial charge in [0.05, 0.1) is 28.0 Å². The van der Waals surface area contributed by atoms with E-state index in [4.69, 9.17) is 0 Å². The molecule has 0 aliphatic rings. The van der Waals surface area contributed by atoms with E-state index in [9.17, 15) is 22.8 Å². The number of amides is 2. The summed E-state index contributed by atoms with van der Waals surface area (Å²) >= 11 is 0. The molecule has 0 unspecified atom stereocenters. The van der Waals surface area contributed by atoms with Crippen LogP contribution in [-0.2, 0) is 11.0 Å². The Balaban J connectivity index is 2.05. The van der Waals surface area contributed by atoms with E-state index in [1.54, 1.807) is 37.3 Å². The number of nitrogens with zero attached hydrogens (tertiary/aromatic N) is 1. The first kappa shape index (κ1) is 19.3. The zero-order valence-electron chi connectivity index (χ0n) is 15.0. The van der Waals surface area contributed by atoms with Gasteiger partial charge in [-0.25, -0.2) is 0 Å². The number of benzene rings is 2. The molecule has 8 heteroatoms. The molecule has 3 rings (SSSR count). The summed E-state index contributed by atoms with van der Waals surface area (Å²) in [6, 6.07) is 11.3. The van der Waals surface area contributed by atoms with E-state index in [1.807, 2.05) is 0 Å². The third-order valence-corrected chi connectivity index (χ3v) is 3.99. The molecule has 0 saturated carbocycles. The monoisotopic (exact) mass is 387 g/mol. The minimum Gasteiger partial charge on any atom is -0.325 e. The first-order valence-corrected chi connectivity index (χ1v) is 8.32. The Morgan fingerprint density at radius 1 is 0.964 bits per heavy atom. The maximum Gasteiger partial charge on any atom is 0.416 e. The van der Waals surface area contributed by atoms with Crippen molar-refractivity contribution in [2.24, 2.45) is 0 Å². The largest absolute Gasteiger partial charge is 0.416 e. The molecule has 144 valence electrons. The van der Waals surface area contributed by atoms with Gasteiger partial charge in [0.15, 0.2) is 0 Å². The van der Waals surface area contributed by atoms with Crippen LogP contribution in [-0.4, -0.2) is 16.8 Å². The minimum atomic E-state index is -4.59. The Hall–Kier alpha value is -3.42. The lowest BCUT2D eigenvalue weighted by molar-refractivity contribution is -0.137. The Bertz CT molecular complexity index is 1080. The van der Waals surface area contributed by atoms with Gasteiger partial charge < -0.3 is 10.6 Å². The van der Waals surface area contributed by atoms with E-state index in [2.05, 4.69) is 15.6 Å². The third kappa shape index (κ3) is 4.11. The molecule has 0 radical (unpaired) electrons. The van der Waals surface area contributed by atoms with Gasteiger partial charge in [-0.1, -0.05) is 18.2 Å². The van der Waals surface area contributed by atoms with Crippen LogP contribution in [0.4, 0.5) is 24.5 Å². The second-order valence-corrected chi connectivity index (χ2v) is 6.22. The highest BCUT2D eigenvalue weighted by Gasteiger charge is 2.31. The third-order valence-electron chi connectivity index (χ3n) is 3.99. The van der Waals surface area contributed by atoms with Gasteiger partial charge in [-0.05, 0) is 37.3 Å². The molecule has 0 saturated heterocycles. The number of rotatable bonds is 3. The summed E-state index contributed by atoms with van der Waals surface area (Å²) in [4.78, 5) is 28.6. The Kier molecular flexibility index (Phi) is 5.04. The van der Waals surface area contributed by atoms with Crippen LogP contribution < -0.4 is 10.6 Å². The normalized spacial score (nSPS) is 11.3. The smallest absolute Gasteiger partial charge is 0.325 e. The van der Waals surface area contributed by atoms with Crippen molar-refractivity contribution in [1.82, 2.24) is 4.98 Å². The fraction of sp³-hybridized carbons (Fsp3) is 0.150. The van der Waals surface area contributed by atoms with Gasteiger partial charge >= 0.3 is 6.18 Å². The number of hydrogen-bond acceptors (Lipinski definition) is 3. The van der Waals surface area contributed by atoms with Crippen LogP contribution in [0.5, 0.6) is 0 Å². The van der Waals surface area contributed by atoms with Crippen molar-refractivity contribution < 1.29 is 22.8 Å². The molecular formula is C20H16F3N3O2. The number of hydrogen-bond donors (Lipinski definition) is 2. The number of anilines is 2. The topological polar surface area (TPSA) is 71.1 Å². The van der Waals surface area contributed by atoms with Gasteiger partial charge in [-0.2, -0.15) is 13.2 Å². The lowest BCUT2D eigenvalue weighted by Gasteiger charge is -2.15. The number of carbonyl (C=O) groups excluding carboxylic acids is 2. The van der Waals surface area contributed by atoms with Crippen LogP contribution in [0.25, 0.3) is 10.9 Å². The van der Waals surface area contributed by atoms with Crippen molar-refractivity contribution in [3.63, 3.8) is 0 Å². The molecule has 28 heavy (non-hydrogen) atoms. The van der Waals surface area contributed by atoms with Gasteiger partial charge in [0.1, 0.15) is 0 Å². The van der Waals surface area contributed by atoms with Crippen molar-refractivity contribution in [1.29, 1.82) is 0 Å². The molecule has 0 bridgehead atoms. The molecule has 2 amide bonds. The van der Waals surface area contributed by atoms with Crippen molar-refractivity contribution >= 4 is 34.1 Å². The van der Waals surface area contributed by atoms with Crippen molar-refractivity contribution in [2.75, 3.05) is 10.6 Å². The highest BCUT2D eigenvalue weighted by molar-refractivity contribution is 6.13. The number of fused-ring (bicyclic) bond motifs is 1. The van der Waals surface area contributed by atoms with Crippen molar-refractivity contribution in [3.05, 3.63) is 65.4 Å². The van der Waals surface area contributed by atoms with Gasteiger partial charge in [-0.3, -0.25) is 14.6 Å². The van der Waals surface area contributed by atoms with Crippen LogP contribution in [0.2, 0.25) is 0 Å². The number of aromatic nitrogens is 1. The Morgan fingerprint density at radius 2 is 1.68 bits per heavy atom. The number of nitrogens with one attached hydrogen (secondary N) is 2. The molecule has 0 spiro atoms. The molecule has 3 aromatic rings. The highest BCUT2D eigenvalue weighted by atomic mass is 19.4. The van der Waals surface area contributed by atoms with Gasteiger partial charge in [-0.15, -0.1) is 0 Å². The van der Waals surface area contributed by atoms with Crippen LogP contribution in [0, 0.1) is 6.92 Å². The van der Waals surface area contributed by atoms with Crippen LogP contribution in [0.15, 0.2) is 48.5 Å². The quantitative estimate of drug-likeness (QED) is 0.680. The minimum absolute atomic E-state index is 0.0731. The fourth-order valence-corrected chi connectivity index (χ4v) is 2.81. The molecular weight excluding hydrogens is 371 g/mol. The Morgan fingerprint density at radius 3 is 2.36 bits per heavy atom. The van der Waals surface area contributed by atoms with E-state index < -0.39 is 23.6 Å². The second kappa shape index (κ2) is 7.30. The number of halogens is 3. The molecule has 2 aromatic carbocycles. The van der Waals surface area contributed by atoms with Crippen LogP contribution >= 0.6 is 0 Å². The number of alkyl halides is 3. The van der Waals surface area contributed by atoms with E-state index in [1.165, 1.54) is 6.92 Å². The molecule has 0 atom stereocenters. The first-order valence-electron chi connectivity index (χ1n) is 8.32. The molecule has 0 aliphatic heterocycles. The number of aryl methyl sites for hydroxylation is 1. The summed E-state index contributed by atoms with van der Waals surface area (Å²) < 4.78 is 39.2. The van der Waals surface area contributed by atoms with Crippen molar-refractivity contribution in [2.45, 2.75) is 20.0 Å². The Labute approximate surface area is 158 Å². The van der Waals surface area contributed by atoms with Crippen molar-refractivity contribution in [3.8, 4) is 0 Å². The average Bonchev–Trinajstić information content (AvgIpc) is 2.61. The molecule has 0 aliphatic carbocycles. The van der Waals surface area contributed by atoms with E-state index in [-0.39, 0.29) is 16.9 Å². The number of pyridine rings is 1. The standard InChI is InChI=1S/C20H16F3N3O2/c1-11-9-15(14-5-3-4-6-16(14)24-11)19(28)26-18-10-13(20(21,22)23)7-8-17(18)25-12(2)27/h3-10H,1-2H3,(H,25,27)(H,26,28). The SMILES string of the molecule is CC(=O)Nc1ccc(C(F)(F)F)cc1NC(=O)c1cc(C)nc2ccccc12. The predicted octanol–water partition coefficient (Wildman–Crippen LogP) is 4.77. The fourth-order valence-electron chi connectivity index (χ4n) is 2.81. The van der Waals surface area contributed by atoms with Gasteiger partial charge in [0.2, 0.25) is 5.91 Å². The summed E-state index contributed by atoms with van der Waals surface area (Å²) in [7, 11) is 0.